The van der Waals surface area contributed by atoms with Gasteiger partial charge in [0.05, 0.1) is 30.2 Å². The summed E-state index contributed by atoms with van der Waals surface area (Å²) < 4.78 is 13.5. The fourth-order valence-electron chi connectivity index (χ4n) is 7.74. The molecule has 0 saturated carbocycles. The van der Waals surface area contributed by atoms with Crippen molar-refractivity contribution in [3.8, 4) is 11.1 Å². The number of benzene rings is 6. The molecule has 0 bridgehead atoms. The predicted molar refractivity (Wildman–Crippen MR) is 242 cm³/mol. The Bertz CT molecular complexity index is 2240. The van der Waals surface area contributed by atoms with E-state index in [1.165, 1.54) is 11.1 Å². The van der Waals surface area contributed by atoms with Gasteiger partial charge in [-0.1, -0.05) is 146 Å². The molecule has 1 fully saturated rings. The molecule has 1 aliphatic heterocycles. The summed E-state index contributed by atoms with van der Waals surface area (Å²) in [5.74, 6) is -0.0827. The quantitative estimate of drug-likeness (QED) is 0.0474. The highest BCUT2D eigenvalue weighted by atomic mass is 16.7. The second-order valence-corrected chi connectivity index (χ2v) is 15.8. The van der Waals surface area contributed by atoms with Crippen molar-refractivity contribution >= 4 is 23.2 Å². The van der Waals surface area contributed by atoms with E-state index >= 15 is 0 Å². The predicted octanol–water partition coefficient (Wildman–Crippen LogP) is 9.88. The van der Waals surface area contributed by atoms with Gasteiger partial charge in [-0.25, -0.2) is 0 Å². The van der Waals surface area contributed by atoms with Gasteiger partial charge in [0.15, 0.2) is 6.29 Å². The second-order valence-electron chi connectivity index (χ2n) is 15.8. The first-order valence-corrected chi connectivity index (χ1v) is 21.3. The number of amides is 2. The number of rotatable bonds is 19. The Morgan fingerprint density at radius 3 is 1.92 bits per heavy atom. The van der Waals surface area contributed by atoms with Crippen molar-refractivity contribution in [2.45, 2.75) is 83.3 Å². The van der Waals surface area contributed by atoms with Crippen LogP contribution in [0.2, 0.25) is 0 Å². The number of unbranched alkanes of at least 4 members (excludes halogenated alkanes) is 2. The number of nitrogens with zero attached hydrogens (tertiary/aromatic N) is 1. The van der Waals surface area contributed by atoms with Crippen molar-refractivity contribution < 1.29 is 24.2 Å². The number of nitrogens with two attached hydrogens (primary N) is 1. The highest BCUT2D eigenvalue weighted by molar-refractivity contribution is 5.93. The summed E-state index contributed by atoms with van der Waals surface area (Å²) in [7, 11) is 0. The number of hydrogen-bond donors (Lipinski definition) is 4. The monoisotopic (exact) mass is 816 g/mol. The Balaban J connectivity index is 0.956. The average molecular weight is 817 g/mol. The first kappa shape index (κ1) is 43.0. The maximum absolute atomic E-state index is 12.7. The number of nitrogen functional groups attached to an aromatic ring is 1. The highest BCUT2D eigenvalue weighted by Gasteiger charge is 2.33. The summed E-state index contributed by atoms with van der Waals surface area (Å²) in [5, 5.41) is 15.6. The van der Waals surface area contributed by atoms with Gasteiger partial charge in [-0.15, -0.1) is 0 Å². The molecule has 1 aliphatic rings. The first-order chi connectivity index (χ1) is 29.9. The standard InChI is InChI=1S/C52H56N4O5/c53-47-19-10-11-20-48(47)55-51(59)22-9-3-8-21-50(58)54-33-41-17-12-18-45(31-41)42-27-29-44(30-28-42)52-60-46(32-49(61-52)43-25-23-40(37-57)24-26-43)36-56(34-38-13-4-1-5-14-38)35-39-15-6-2-7-16-39/h1-2,4-7,10-20,23-31,46,49,52,57H,3,8-9,21-22,32-37,53H2,(H,54,58)(H,55,59)/t46-,49+,52+/m1/s1. The van der Waals surface area contributed by atoms with E-state index in [2.05, 4.69) is 100 Å². The third kappa shape index (κ3) is 12.9. The lowest BCUT2D eigenvalue weighted by atomic mass is 9.98. The average Bonchev–Trinajstić information content (AvgIpc) is 3.29. The largest absolute Gasteiger partial charge is 0.397 e. The molecular formula is C52H56N4O5. The van der Waals surface area contributed by atoms with Crippen molar-refractivity contribution in [2.24, 2.45) is 0 Å². The van der Waals surface area contributed by atoms with Gasteiger partial charge in [0.1, 0.15) is 0 Å². The minimum absolute atomic E-state index is 0.00501. The van der Waals surface area contributed by atoms with E-state index in [-0.39, 0.29) is 30.6 Å². The molecule has 9 heteroatoms. The summed E-state index contributed by atoms with van der Waals surface area (Å²) in [6, 6.07) is 52.9. The van der Waals surface area contributed by atoms with Gasteiger partial charge in [-0.05, 0) is 70.0 Å². The Kier molecular flexibility index (Phi) is 15.5. The summed E-state index contributed by atoms with van der Waals surface area (Å²) in [4.78, 5) is 27.4. The Morgan fingerprint density at radius 1 is 0.623 bits per heavy atom. The lowest BCUT2D eigenvalue weighted by Gasteiger charge is -2.38. The van der Waals surface area contributed by atoms with Crippen LogP contribution < -0.4 is 16.4 Å². The summed E-state index contributed by atoms with van der Waals surface area (Å²) in [5.41, 5.74) is 15.6. The molecule has 3 atom stereocenters. The Morgan fingerprint density at radius 2 is 1.25 bits per heavy atom. The van der Waals surface area contributed by atoms with Crippen molar-refractivity contribution in [2.75, 3.05) is 17.6 Å². The lowest BCUT2D eigenvalue weighted by molar-refractivity contribution is -0.253. The molecule has 0 radical (unpaired) electrons. The van der Waals surface area contributed by atoms with Crippen LogP contribution in [0.4, 0.5) is 11.4 Å². The van der Waals surface area contributed by atoms with E-state index in [1.807, 2.05) is 60.7 Å². The van der Waals surface area contributed by atoms with Crippen LogP contribution in [0.25, 0.3) is 11.1 Å². The lowest BCUT2D eigenvalue weighted by Crippen LogP contribution is -2.39. The van der Waals surface area contributed by atoms with E-state index < -0.39 is 6.29 Å². The molecule has 9 nitrogen and oxygen atoms in total. The van der Waals surface area contributed by atoms with Gasteiger partial charge in [0.2, 0.25) is 11.8 Å². The minimum atomic E-state index is -0.571. The summed E-state index contributed by atoms with van der Waals surface area (Å²) >= 11 is 0. The molecule has 0 unspecified atom stereocenters. The van der Waals surface area contributed by atoms with Gasteiger partial charge in [-0.2, -0.15) is 0 Å². The number of nitrogens with one attached hydrogen (secondary N) is 2. The van der Waals surface area contributed by atoms with Crippen LogP contribution in [-0.2, 0) is 45.3 Å². The van der Waals surface area contributed by atoms with Gasteiger partial charge in [-0.3, -0.25) is 14.5 Å². The number of hydrogen-bond acceptors (Lipinski definition) is 7. The number of para-hydroxylation sites is 2. The summed E-state index contributed by atoms with van der Waals surface area (Å²) in [6.07, 6.45) is 2.82. The number of carbonyl (C=O) groups excluding carboxylic acids is 2. The molecule has 0 spiro atoms. The number of aliphatic hydroxyl groups excluding tert-OH is 1. The Labute approximate surface area is 359 Å². The maximum Gasteiger partial charge on any atom is 0.224 e. The smallest absolute Gasteiger partial charge is 0.224 e. The molecule has 2 amide bonds. The molecule has 61 heavy (non-hydrogen) atoms. The topological polar surface area (TPSA) is 126 Å². The number of aliphatic hydroxyl groups is 1. The second kappa shape index (κ2) is 21.9. The molecular weight excluding hydrogens is 761 g/mol. The third-order valence-corrected chi connectivity index (χ3v) is 11.1. The molecule has 7 rings (SSSR count). The SMILES string of the molecule is Nc1ccccc1NC(=O)CCCCCC(=O)NCc1cccc(-c2ccc([C@H]3O[C@@H](CN(Cc4ccccc4)Cc4ccccc4)C[C@@H](c4ccc(CO)cc4)O3)cc2)c1. The van der Waals surface area contributed by atoms with E-state index in [4.69, 9.17) is 15.2 Å². The van der Waals surface area contributed by atoms with Crippen LogP contribution in [-0.4, -0.2) is 34.5 Å². The number of carbonyl (C=O) groups is 2. The molecule has 5 N–H and O–H groups in total. The summed E-state index contributed by atoms with van der Waals surface area (Å²) in [6.45, 7) is 2.74. The van der Waals surface area contributed by atoms with E-state index in [0.29, 0.717) is 50.0 Å². The van der Waals surface area contributed by atoms with Gasteiger partial charge in [0, 0.05) is 51.0 Å². The van der Waals surface area contributed by atoms with Crippen LogP contribution in [0.3, 0.4) is 0 Å². The van der Waals surface area contributed by atoms with Crippen molar-refractivity contribution in [1.82, 2.24) is 10.2 Å². The zero-order chi connectivity index (χ0) is 42.2. The van der Waals surface area contributed by atoms with Crippen LogP contribution in [0.5, 0.6) is 0 Å². The normalized spacial score (nSPS) is 16.3. The Hall–Kier alpha value is -6.10. The fourth-order valence-corrected chi connectivity index (χ4v) is 7.74. The van der Waals surface area contributed by atoms with Gasteiger partial charge < -0.3 is 30.9 Å². The van der Waals surface area contributed by atoms with Crippen LogP contribution >= 0.6 is 0 Å². The zero-order valence-corrected chi connectivity index (χ0v) is 34.6. The van der Waals surface area contributed by atoms with Gasteiger partial charge in [0.25, 0.3) is 0 Å². The van der Waals surface area contributed by atoms with Crippen LogP contribution in [0.15, 0.2) is 158 Å². The van der Waals surface area contributed by atoms with Crippen LogP contribution in [0, 0.1) is 0 Å². The molecule has 0 aliphatic carbocycles. The maximum atomic E-state index is 12.7. The van der Waals surface area contributed by atoms with Crippen LogP contribution in [0.1, 0.15) is 84.3 Å². The first-order valence-electron chi connectivity index (χ1n) is 21.3. The number of anilines is 2. The van der Waals surface area contributed by atoms with Crippen molar-refractivity contribution in [1.29, 1.82) is 0 Å². The molecule has 1 heterocycles. The third-order valence-electron chi connectivity index (χ3n) is 11.1. The van der Waals surface area contributed by atoms with E-state index in [1.54, 1.807) is 12.1 Å². The fraction of sp³-hybridized carbons (Fsp3) is 0.269. The van der Waals surface area contributed by atoms with Crippen molar-refractivity contribution in [3.63, 3.8) is 0 Å². The molecule has 314 valence electrons. The van der Waals surface area contributed by atoms with Gasteiger partial charge >= 0.3 is 0 Å². The molecule has 6 aromatic rings. The molecule has 0 aromatic heterocycles. The highest BCUT2D eigenvalue weighted by Crippen LogP contribution is 2.39. The van der Waals surface area contributed by atoms with E-state index in [9.17, 15) is 14.7 Å². The molecule has 6 aromatic carbocycles. The van der Waals surface area contributed by atoms with E-state index in [0.717, 1.165) is 59.4 Å². The van der Waals surface area contributed by atoms with Crippen molar-refractivity contribution in [3.05, 3.63) is 191 Å². The molecule has 1 saturated heterocycles. The minimum Gasteiger partial charge on any atom is -0.397 e. The number of ether oxygens (including phenoxy) is 2. The zero-order valence-electron chi connectivity index (χ0n) is 34.6.